The molecule has 0 spiro atoms. The van der Waals surface area contributed by atoms with Gasteiger partial charge < -0.3 is 10.4 Å². The van der Waals surface area contributed by atoms with Crippen LogP contribution in [0.2, 0.25) is 5.02 Å². The Morgan fingerprint density at radius 3 is 2.19 bits per heavy atom. The monoisotopic (exact) mass is 389 g/mol. The van der Waals surface area contributed by atoms with E-state index in [-0.39, 0.29) is 23.6 Å². The van der Waals surface area contributed by atoms with Crippen molar-refractivity contribution in [2.45, 2.75) is 31.7 Å². The van der Waals surface area contributed by atoms with Crippen molar-refractivity contribution in [3.05, 3.63) is 70.5 Å². The van der Waals surface area contributed by atoms with E-state index in [9.17, 15) is 14.0 Å². The minimum atomic E-state index is -0.797. The first-order valence-corrected chi connectivity index (χ1v) is 9.36. The number of nitrogens with one attached hydrogen (secondary N) is 1. The molecular formula is C21H21ClFNO3. The molecule has 1 amide bonds. The molecule has 0 aliphatic heterocycles. The lowest BCUT2D eigenvalue weighted by Gasteiger charge is -2.28. The lowest BCUT2D eigenvalue weighted by Crippen LogP contribution is -2.37. The summed E-state index contributed by atoms with van der Waals surface area (Å²) in [5.41, 5.74) is 1.47. The summed E-state index contributed by atoms with van der Waals surface area (Å²) in [5.74, 6) is -1.88. The third kappa shape index (κ3) is 4.66. The maximum atomic E-state index is 13.3. The summed E-state index contributed by atoms with van der Waals surface area (Å²) in [6.45, 7) is 0. The number of hydrogen-bond donors (Lipinski definition) is 2. The van der Waals surface area contributed by atoms with Crippen LogP contribution in [0.25, 0.3) is 0 Å². The topological polar surface area (TPSA) is 66.4 Å². The van der Waals surface area contributed by atoms with Crippen LogP contribution < -0.4 is 5.32 Å². The van der Waals surface area contributed by atoms with E-state index in [1.165, 1.54) is 12.1 Å². The molecule has 1 unspecified atom stereocenters. The number of rotatable bonds is 5. The molecule has 0 radical (unpaired) electrons. The molecule has 1 aliphatic rings. The molecule has 1 fully saturated rings. The number of carboxylic acid groups (broad SMARTS) is 1. The van der Waals surface area contributed by atoms with Crippen molar-refractivity contribution in [1.29, 1.82) is 0 Å². The maximum Gasteiger partial charge on any atom is 0.306 e. The van der Waals surface area contributed by atoms with Gasteiger partial charge in [0.2, 0.25) is 5.91 Å². The molecule has 2 aromatic rings. The molecule has 2 N–H and O–H groups in total. The molecule has 3 rings (SSSR count). The summed E-state index contributed by atoms with van der Waals surface area (Å²) in [6, 6.07) is 12.7. The van der Waals surface area contributed by atoms with E-state index in [1.807, 2.05) is 18.2 Å². The zero-order valence-electron chi connectivity index (χ0n) is 14.7. The predicted octanol–water partition coefficient (Wildman–Crippen LogP) is 4.58. The van der Waals surface area contributed by atoms with Crippen LogP contribution in [0.3, 0.4) is 0 Å². The molecule has 0 aromatic heterocycles. The number of hydrogen-bond acceptors (Lipinski definition) is 2. The largest absolute Gasteiger partial charge is 0.481 e. The maximum absolute atomic E-state index is 13.3. The second kappa shape index (κ2) is 8.53. The van der Waals surface area contributed by atoms with Crippen LogP contribution in [0.5, 0.6) is 0 Å². The summed E-state index contributed by atoms with van der Waals surface area (Å²) in [7, 11) is 0. The normalized spacial score (nSPS) is 20.7. The number of carbonyl (C=O) groups excluding carboxylic acids is 1. The van der Waals surface area contributed by atoms with Crippen molar-refractivity contribution in [3.8, 4) is 0 Å². The average molecular weight is 390 g/mol. The van der Waals surface area contributed by atoms with Gasteiger partial charge in [-0.1, -0.05) is 41.9 Å². The van der Waals surface area contributed by atoms with Crippen LogP contribution in [-0.4, -0.2) is 17.0 Å². The zero-order valence-corrected chi connectivity index (χ0v) is 15.5. The zero-order chi connectivity index (χ0) is 19.4. The van der Waals surface area contributed by atoms with E-state index in [0.717, 1.165) is 11.1 Å². The van der Waals surface area contributed by atoms with Gasteiger partial charge in [0, 0.05) is 10.9 Å². The standard InChI is InChI=1S/C21H21ClFNO3/c22-18-4-2-1-3-17(18)19(13-9-11-16(23)12-10-13)24-20(25)14-5-7-15(8-6-14)21(26)27/h1-4,9-12,14-15,19H,5-8H2,(H,24,25)(H,26,27). The second-order valence-electron chi connectivity index (χ2n) is 6.90. The van der Waals surface area contributed by atoms with Crippen LogP contribution in [0.15, 0.2) is 48.5 Å². The first kappa shape index (κ1) is 19.4. The molecule has 0 bridgehead atoms. The van der Waals surface area contributed by atoms with E-state index >= 15 is 0 Å². The minimum absolute atomic E-state index is 0.131. The Bertz CT molecular complexity index is 816. The third-order valence-corrected chi connectivity index (χ3v) is 5.50. The lowest BCUT2D eigenvalue weighted by atomic mass is 9.81. The summed E-state index contributed by atoms with van der Waals surface area (Å²) in [5, 5.41) is 12.7. The fourth-order valence-electron chi connectivity index (χ4n) is 3.57. The first-order valence-electron chi connectivity index (χ1n) is 8.98. The molecule has 1 aliphatic carbocycles. The highest BCUT2D eigenvalue weighted by molar-refractivity contribution is 6.31. The van der Waals surface area contributed by atoms with Gasteiger partial charge in [-0.15, -0.1) is 0 Å². The minimum Gasteiger partial charge on any atom is -0.481 e. The fourth-order valence-corrected chi connectivity index (χ4v) is 3.81. The van der Waals surface area contributed by atoms with Gasteiger partial charge in [-0.3, -0.25) is 9.59 Å². The van der Waals surface area contributed by atoms with Crippen molar-refractivity contribution in [2.24, 2.45) is 11.8 Å². The molecule has 2 aromatic carbocycles. The van der Waals surface area contributed by atoms with Gasteiger partial charge in [-0.25, -0.2) is 4.39 Å². The van der Waals surface area contributed by atoms with E-state index in [0.29, 0.717) is 30.7 Å². The summed E-state index contributed by atoms with van der Waals surface area (Å²) in [6.07, 6.45) is 2.09. The molecule has 0 saturated heterocycles. The summed E-state index contributed by atoms with van der Waals surface area (Å²) in [4.78, 5) is 23.9. The highest BCUT2D eigenvalue weighted by atomic mass is 35.5. The highest BCUT2D eigenvalue weighted by Gasteiger charge is 2.31. The van der Waals surface area contributed by atoms with Gasteiger partial charge in [0.25, 0.3) is 0 Å². The Hall–Kier alpha value is -2.40. The number of halogens is 2. The Kier molecular flexibility index (Phi) is 6.11. The van der Waals surface area contributed by atoms with Crippen molar-refractivity contribution < 1.29 is 19.1 Å². The third-order valence-electron chi connectivity index (χ3n) is 5.15. The predicted molar refractivity (Wildman–Crippen MR) is 101 cm³/mol. The highest BCUT2D eigenvalue weighted by Crippen LogP contribution is 2.32. The second-order valence-corrected chi connectivity index (χ2v) is 7.31. The molecule has 142 valence electrons. The quantitative estimate of drug-likeness (QED) is 0.786. The van der Waals surface area contributed by atoms with Gasteiger partial charge in [0.15, 0.2) is 0 Å². The summed E-state index contributed by atoms with van der Waals surface area (Å²) < 4.78 is 13.3. The lowest BCUT2D eigenvalue weighted by molar-refractivity contribution is -0.144. The Labute approximate surface area is 162 Å². The van der Waals surface area contributed by atoms with Crippen molar-refractivity contribution in [3.63, 3.8) is 0 Å². The molecule has 1 atom stereocenters. The van der Waals surface area contributed by atoms with Gasteiger partial charge in [0.1, 0.15) is 5.82 Å². The average Bonchev–Trinajstić information content (AvgIpc) is 2.67. The first-order chi connectivity index (χ1) is 13.0. The Morgan fingerprint density at radius 1 is 1.00 bits per heavy atom. The number of carbonyl (C=O) groups is 2. The van der Waals surface area contributed by atoms with Crippen molar-refractivity contribution in [1.82, 2.24) is 5.32 Å². The smallest absolute Gasteiger partial charge is 0.306 e. The van der Waals surface area contributed by atoms with Gasteiger partial charge in [-0.05, 0) is 55.0 Å². The van der Waals surface area contributed by atoms with Crippen LogP contribution in [0.1, 0.15) is 42.9 Å². The van der Waals surface area contributed by atoms with E-state index in [2.05, 4.69) is 5.32 Å². The molecule has 27 heavy (non-hydrogen) atoms. The number of amides is 1. The summed E-state index contributed by atoms with van der Waals surface area (Å²) >= 11 is 6.33. The molecule has 6 heteroatoms. The number of carboxylic acids is 1. The van der Waals surface area contributed by atoms with Crippen molar-refractivity contribution >= 4 is 23.5 Å². The van der Waals surface area contributed by atoms with Gasteiger partial charge in [-0.2, -0.15) is 0 Å². The number of benzene rings is 2. The van der Waals surface area contributed by atoms with Crippen LogP contribution in [0.4, 0.5) is 4.39 Å². The molecule has 4 nitrogen and oxygen atoms in total. The Morgan fingerprint density at radius 2 is 1.59 bits per heavy atom. The molecule has 0 heterocycles. The van der Waals surface area contributed by atoms with Gasteiger partial charge >= 0.3 is 5.97 Å². The van der Waals surface area contributed by atoms with Crippen LogP contribution in [0, 0.1) is 17.7 Å². The van der Waals surface area contributed by atoms with E-state index in [4.69, 9.17) is 16.7 Å². The van der Waals surface area contributed by atoms with Gasteiger partial charge in [0.05, 0.1) is 12.0 Å². The van der Waals surface area contributed by atoms with Crippen LogP contribution in [-0.2, 0) is 9.59 Å². The molecule has 1 saturated carbocycles. The van der Waals surface area contributed by atoms with Crippen molar-refractivity contribution in [2.75, 3.05) is 0 Å². The number of aliphatic carboxylic acids is 1. The SMILES string of the molecule is O=C(O)C1CCC(C(=O)NC(c2ccc(F)cc2)c2ccccc2Cl)CC1. The van der Waals surface area contributed by atoms with E-state index < -0.39 is 12.0 Å². The van der Waals surface area contributed by atoms with E-state index in [1.54, 1.807) is 18.2 Å². The molecular weight excluding hydrogens is 369 g/mol. The fraction of sp³-hybridized carbons (Fsp3) is 0.333. The van der Waals surface area contributed by atoms with Crippen LogP contribution >= 0.6 is 11.6 Å². The Balaban J connectivity index is 1.80.